The number of ether oxygens (including phenoxy) is 3. The maximum absolute atomic E-state index is 12.1. The molecule has 0 saturated carbocycles. The number of methoxy groups -OCH3 is 1. The molecule has 0 N–H and O–H groups in total. The molecule has 1 heterocycles. The standard InChI is InChI=1S/C20H18ClNO4/c1-3-10-25-17-9-4-13(12-18(17)24-2)11-16-20(23)26-19(22-16)14-5-7-15(21)8-6-14/h4-9,11-12H,3,10H2,1-2H3/b16-11-. The second kappa shape index (κ2) is 8.06. The Labute approximate surface area is 156 Å². The zero-order valence-electron chi connectivity index (χ0n) is 14.5. The molecule has 0 amide bonds. The number of halogens is 1. The van der Waals surface area contributed by atoms with Crippen LogP contribution in [-0.4, -0.2) is 25.6 Å². The van der Waals surface area contributed by atoms with Gasteiger partial charge in [0.1, 0.15) is 0 Å². The van der Waals surface area contributed by atoms with Crippen molar-refractivity contribution < 1.29 is 19.0 Å². The SMILES string of the molecule is CCCOc1ccc(/C=C2\N=C(c3ccc(Cl)cc3)OC2=O)cc1OC. The maximum Gasteiger partial charge on any atom is 0.363 e. The van der Waals surface area contributed by atoms with Gasteiger partial charge in [0.05, 0.1) is 13.7 Å². The van der Waals surface area contributed by atoms with Gasteiger partial charge in [-0.25, -0.2) is 9.79 Å². The number of carbonyl (C=O) groups is 1. The van der Waals surface area contributed by atoms with Crippen molar-refractivity contribution in [2.75, 3.05) is 13.7 Å². The average Bonchev–Trinajstić information content (AvgIpc) is 3.01. The van der Waals surface area contributed by atoms with Gasteiger partial charge in [0.25, 0.3) is 0 Å². The number of esters is 1. The topological polar surface area (TPSA) is 57.1 Å². The molecule has 0 saturated heterocycles. The van der Waals surface area contributed by atoms with E-state index in [4.69, 9.17) is 25.8 Å². The van der Waals surface area contributed by atoms with E-state index in [-0.39, 0.29) is 11.6 Å². The first-order chi connectivity index (χ1) is 12.6. The molecular weight excluding hydrogens is 354 g/mol. The van der Waals surface area contributed by atoms with Crippen LogP contribution in [0.25, 0.3) is 6.08 Å². The van der Waals surface area contributed by atoms with Gasteiger partial charge >= 0.3 is 5.97 Å². The van der Waals surface area contributed by atoms with Crippen molar-refractivity contribution in [2.24, 2.45) is 4.99 Å². The zero-order chi connectivity index (χ0) is 18.5. The third kappa shape index (κ3) is 4.06. The van der Waals surface area contributed by atoms with Crippen molar-refractivity contribution in [3.63, 3.8) is 0 Å². The van der Waals surface area contributed by atoms with Gasteiger partial charge in [0.15, 0.2) is 17.2 Å². The van der Waals surface area contributed by atoms with Gasteiger partial charge in [-0.05, 0) is 54.5 Å². The Morgan fingerprint density at radius 1 is 1.15 bits per heavy atom. The van der Waals surface area contributed by atoms with E-state index in [9.17, 15) is 4.79 Å². The molecule has 0 spiro atoms. The van der Waals surface area contributed by atoms with Crippen LogP contribution in [0.5, 0.6) is 11.5 Å². The predicted octanol–water partition coefficient (Wildman–Crippen LogP) is 4.48. The molecule has 0 aliphatic carbocycles. The number of nitrogens with zero attached hydrogens (tertiary/aromatic N) is 1. The minimum atomic E-state index is -0.500. The summed E-state index contributed by atoms with van der Waals surface area (Å²) in [6.07, 6.45) is 2.56. The van der Waals surface area contributed by atoms with Crippen LogP contribution < -0.4 is 9.47 Å². The van der Waals surface area contributed by atoms with E-state index in [0.717, 1.165) is 12.0 Å². The highest BCUT2D eigenvalue weighted by atomic mass is 35.5. The van der Waals surface area contributed by atoms with Crippen molar-refractivity contribution in [2.45, 2.75) is 13.3 Å². The third-order valence-corrected chi connectivity index (χ3v) is 3.92. The molecule has 1 aliphatic heterocycles. The molecule has 0 bridgehead atoms. The highest BCUT2D eigenvalue weighted by Gasteiger charge is 2.24. The van der Waals surface area contributed by atoms with Gasteiger partial charge in [0.2, 0.25) is 5.90 Å². The summed E-state index contributed by atoms with van der Waals surface area (Å²) < 4.78 is 16.2. The number of cyclic esters (lactones) is 1. The molecule has 0 aromatic heterocycles. The Morgan fingerprint density at radius 2 is 1.92 bits per heavy atom. The normalized spacial score (nSPS) is 15.0. The van der Waals surface area contributed by atoms with Crippen LogP contribution in [0.3, 0.4) is 0 Å². The number of carbonyl (C=O) groups excluding carboxylic acids is 1. The van der Waals surface area contributed by atoms with Gasteiger partial charge in [-0.3, -0.25) is 0 Å². The van der Waals surface area contributed by atoms with E-state index in [1.807, 2.05) is 19.1 Å². The Balaban J connectivity index is 1.86. The molecule has 6 heteroatoms. The van der Waals surface area contributed by atoms with Gasteiger partial charge < -0.3 is 14.2 Å². The van der Waals surface area contributed by atoms with E-state index in [0.29, 0.717) is 28.7 Å². The molecule has 0 atom stereocenters. The Hall–Kier alpha value is -2.79. The first-order valence-electron chi connectivity index (χ1n) is 8.20. The first-order valence-corrected chi connectivity index (χ1v) is 8.58. The van der Waals surface area contributed by atoms with Crippen LogP contribution in [0.4, 0.5) is 0 Å². The molecule has 5 nitrogen and oxygen atoms in total. The van der Waals surface area contributed by atoms with Crippen molar-refractivity contribution in [3.05, 3.63) is 64.3 Å². The zero-order valence-corrected chi connectivity index (χ0v) is 15.2. The summed E-state index contributed by atoms with van der Waals surface area (Å²) in [6.45, 7) is 2.64. The molecule has 26 heavy (non-hydrogen) atoms. The molecule has 2 aromatic rings. The number of benzene rings is 2. The Morgan fingerprint density at radius 3 is 2.62 bits per heavy atom. The van der Waals surface area contributed by atoms with Gasteiger partial charge in [0, 0.05) is 10.6 Å². The lowest BCUT2D eigenvalue weighted by Crippen LogP contribution is -2.05. The fourth-order valence-corrected chi connectivity index (χ4v) is 2.51. The Bertz CT molecular complexity index is 872. The number of hydrogen-bond acceptors (Lipinski definition) is 5. The van der Waals surface area contributed by atoms with Crippen LogP contribution in [0.2, 0.25) is 5.02 Å². The predicted molar refractivity (Wildman–Crippen MR) is 101 cm³/mol. The van der Waals surface area contributed by atoms with Gasteiger partial charge in [-0.2, -0.15) is 0 Å². The number of hydrogen-bond donors (Lipinski definition) is 0. The summed E-state index contributed by atoms with van der Waals surface area (Å²) in [5.41, 5.74) is 1.67. The van der Waals surface area contributed by atoms with E-state index in [1.54, 1.807) is 43.5 Å². The van der Waals surface area contributed by atoms with E-state index in [2.05, 4.69) is 4.99 Å². The van der Waals surface area contributed by atoms with E-state index < -0.39 is 5.97 Å². The monoisotopic (exact) mass is 371 g/mol. The molecular formula is C20H18ClNO4. The molecule has 0 fully saturated rings. The number of rotatable bonds is 6. The fourth-order valence-electron chi connectivity index (χ4n) is 2.39. The lowest BCUT2D eigenvalue weighted by atomic mass is 10.1. The summed E-state index contributed by atoms with van der Waals surface area (Å²) in [5, 5.41) is 0.604. The van der Waals surface area contributed by atoms with Crippen LogP contribution in [0.15, 0.2) is 53.2 Å². The second-order valence-corrected chi connectivity index (χ2v) is 6.04. The average molecular weight is 372 g/mol. The van der Waals surface area contributed by atoms with Crippen molar-refractivity contribution in [3.8, 4) is 11.5 Å². The Kier molecular flexibility index (Phi) is 5.58. The molecule has 134 valence electrons. The fraction of sp³-hybridized carbons (Fsp3) is 0.200. The summed E-state index contributed by atoms with van der Waals surface area (Å²) in [6, 6.07) is 12.4. The molecule has 0 radical (unpaired) electrons. The molecule has 3 rings (SSSR count). The number of aliphatic imine (C=N–C) groups is 1. The lowest BCUT2D eigenvalue weighted by molar-refractivity contribution is -0.129. The van der Waals surface area contributed by atoms with Crippen LogP contribution in [0, 0.1) is 0 Å². The van der Waals surface area contributed by atoms with Crippen LogP contribution in [0.1, 0.15) is 24.5 Å². The van der Waals surface area contributed by atoms with E-state index >= 15 is 0 Å². The molecule has 0 unspecified atom stereocenters. The highest BCUT2D eigenvalue weighted by molar-refractivity contribution is 6.30. The minimum Gasteiger partial charge on any atom is -0.493 e. The van der Waals surface area contributed by atoms with Crippen molar-refractivity contribution >= 4 is 29.5 Å². The minimum absolute atomic E-state index is 0.222. The summed E-state index contributed by atoms with van der Waals surface area (Å²) in [5.74, 6) is 1.02. The summed E-state index contributed by atoms with van der Waals surface area (Å²) in [4.78, 5) is 16.4. The quantitative estimate of drug-likeness (QED) is 0.555. The maximum atomic E-state index is 12.1. The van der Waals surface area contributed by atoms with Gasteiger partial charge in [-0.1, -0.05) is 24.6 Å². The molecule has 2 aromatic carbocycles. The van der Waals surface area contributed by atoms with Crippen LogP contribution >= 0.6 is 11.6 Å². The molecule has 1 aliphatic rings. The van der Waals surface area contributed by atoms with Crippen molar-refractivity contribution in [1.82, 2.24) is 0 Å². The summed E-state index contributed by atoms with van der Waals surface area (Å²) >= 11 is 5.87. The lowest BCUT2D eigenvalue weighted by Gasteiger charge is -2.10. The largest absolute Gasteiger partial charge is 0.493 e. The third-order valence-electron chi connectivity index (χ3n) is 3.66. The summed E-state index contributed by atoms with van der Waals surface area (Å²) in [7, 11) is 1.58. The van der Waals surface area contributed by atoms with Crippen LogP contribution in [-0.2, 0) is 9.53 Å². The second-order valence-electron chi connectivity index (χ2n) is 5.60. The van der Waals surface area contributed by atoms with E-state index in [1.165, 1.54) is 0 Å². The highest BCUT2D eigenvalue weighted by Crippen LogP contribution is 2.30. The van der Waals surface area contributed by atoms with Gasteiger partial charge in [-0.15, -0.1) is 0 Å². The first kappa shape index (κ1) is 18.0. The van der Waals surface area contributed by atoms with Crippen molar-refractivity contribution in [1.29, 1.82) is 0 Å². The smallest absolute Gasteiger partial charge is 0.363 e.